The fourth-order valence-corrected chi connectivity index (χ4v) is 4.27. The Labute approximate surface area is 154 Å². The van der Waals surface area contributed by atoms with Gasteiger partial charge in [-0.25, -0.2) is 0 Å². The highest BCUT2D eigenvalue weighted by Crippen LogP contribution is 2.40. The Morgan fingerprint density at radius 1 is 1.15 bits per heavy atom. The van der Waals surface area contributed by atoms with Gasteiger partial charge < -0.3 is 9.47 Å². The molecule has 0 atom stereocenters. The van der Waals surface area contributed by atoms with Crippen LogP contribution in [0.3, 0.4) is 0 Å². The highest BCUT2D eigenvalue weighted by molar-refractivity contribution is 6.13. The number of nitrogens with zero attached hydrogens (tertiary/aromatic N) is 2. The molecule has 0 aliphatic heterocycles. The van der Waals surface area contributed by atoms with Gasteiger partial charge in [-0.15, -0.1) is 0 Å². The average Bonchev–Trinajstić information content (AvgIpc) is 3.13. The van der Waals surface area contributed by atoms with E-state index in [0.29, 0.717) is 0 Å². The minimum atomic E-state index is 0.123. The number of rotatable bonds is 5. The molecule has 0 fully saturated rings. The molecule has 2 aromatic carbocycles. The van der Waals surface area contributed by atoms with Crippen molar-refractivity contribution in [3.8, 4) is 0 Å². The summed E-state index contributed by atoms with van der Waals surface area (Å²) >= 11 is 0. The molecule has 4 rings (SSSR count). The number of benzene rings is 2. The molecule has 0 spiro atoms. The first-order valence-electron chi connectivity index (χ1n) is 9.39. The maximum atomic E-state index is 11.9. The second kappa shape index (κ2) is 6.40. The number of aromatic nitrogens is 1. The number of Topliss-reactive ketones (excluding diaryl/α,β-unsaturated/α-hetero) is 1. The molecule has 3 aromatic rings. The molecule has 1 aromatic heterocycles. The molecule has 3 nitrogen and oxygen atoms in total. The number of fused-ring (bicyclic) bond motifs is 5. The lowest BCUT2D eigenvalue weighted by Crippen LogP contribution is -2.15. The Morgan fingerprint density at radius 2 is 1.92 bits per heavy atom. The molecule has 0 radical (unpaired) electrons. The van der Waals surface area contributed by atoms with Crippen LogP contribution in [0.25, 0.3) is 27.4 Å². The molecule has 0 bridgehead atoms. The number of ketones is 1. The lowest BCUT2D eigenvalue weighted by molar-refractivity contribution is 0.101. The van der Waals surface area contributed by atoms with Gasteiger partial charge in [-0.3, -0.25) is 4.79 Å². The average molecular weight is 346 g/mol. The quantitative estimate of drug-likeness (QED) is 0.613. The molecule has 1 aliphatic carbocycles. The van der Waals surface area contributed by atoms with Crippen molar-refractivity contribution in [2.75, 3.05) is 20.6 Å². The fourth-order valence-electron chi connectivity index (χ4n) is 4.27. The van der Waals surface area contributed by atoms with Gasteiger partial charge in [0.1, 0.15) is 0 Å². The zero-order valence-corrected chi connectivity index (χ0v) is 15.9. The van der Waals surface area contributed by atoms with Crippen LogP contribution in [0.5, 0.6) is 0 Å². The first-order chi connectivity index (χ1) is 12.5. The molecule has 3 heteroatoms. The van der Waals surface area contributed by atoms with E-state index in [-0.39, 0.29) is 5.78 Å². The Morgan fingerprint density at radius 3 is 2.65 bits per heavy atom. The maximum absolute atomic E-state index is 11.9. The largest absolute Gasteiger partial charge is 0.340 e. The standard InChI is InChI=1S/C23H26N2O/c1-15-6-8-19-18(15)9-11-22-23(19)20-14-17(16(2)26)7-10-21(20)25(22)13-5-12-24(3)4/h7,9-11,14H,1,5-6,8,12-13H2,2-4H3. The molecule has 0 N–H and O–H groups in total. The summed E-state index contributed by atoms with van der Waals surface area (Å²) in [6.07, 6.45) is 3.19. The fraction of sp³-hybridized carbons (Fsp3) is 0.348. The molecule has 1 heterocycles. The Hall–Kier alpha value is -2.39. The van der Waals surface area contributed by atoms with Gasteiger partial charge in [0.25, 0.3) is 0 Å². The van der Waals surface area contributed by atoms with Crippen molar-refractivity contribution in [2.45, 2.75) is 32.7 Å². The zero-order chi connectivity index (χ0) is 18.4. The predicted molar refractivity (Wildman–Crippen MR) is 110 cm³/mol. The Balaban J connectivity index is 1.97. The van der Waals surface area contributed by atoms with Crippen LogP contribution in [0.1, 0.15) is 41.3 Å². The van der Waals surface area contributed by atoms with Crippen molar-refractivity contribution < 1.29 is 4.79 Å². The van der Waals surface area contributed by atoms with Crippen LogP contribution in [0.15, 0.2) is 36.9 Å². The second-order valence-electron chi connectivity index (χ2n) is 7.69. The Kier molecular flexibility index (Phi) is 4.20. The van der Waals surface area contributed by atoms with E-state index in [4.69, 9.17) is 0 Å². The van der Waals surface area contributed by atoms with Crippen molar-refractivity contribution in [1.82, 2.24) is 9.47 Å². The summed E-state index contributed by atoms with van der Waals surface area (Å²) < 4.78 is 2.43. The molecular formula is C23H26N2O. The van der Waals surface area contributed by atoms with Gasteiger partial charge in [-0.05, 0) is 87.8 Å². The van der Waals surface area contributed by atoms with Crippen LogP contribution in [0.4, 0.5) is 0 Å². The van der Waals surface area contributed by atoms with Gasteiger partial charge in [0.15, 0.2) is 5.78 Å². The zero-order valence-electron chi connectivity index (χ0n) is 15.9. The van der Waals surface area contributed by atoms with Crippen molar-refractivity contribution in [3.63, 3.8) is 0 Å². The van der Waals surface area contributed by atoms with Crippen molar-refractivity contribution in [2.24, 2.45) is 0 Å². The number of hydrogen-bond donors (Lipinski definition) is 0. The van der Waals surface area contributed by atoms with Gasteiger partial charge in [0.2, 0.25) is 0 Å². The third-order valence-corrected chi connectivity index (χ3v) is 5.59. The van der Waals surface area contributed by atoms with Crippen LogP contribution in [0, 0.1) is 0 Å². The second-order valence-corrected chi connectivity index (χ2v) is 7.69. The van der Waals surface area contributed by atoms with E-state index in [1.807, 2.05) is 6.07 Å². The van der Waals surface area contributed by atoms with Crippen LogP contribution in [-0.2, 0) is 13.0 Å². The molecule has 134 valence electrons. The Bertz CT molecular complexity index is 1040. The minimum absolute atomic E-state index is 0.123. The van der Waals surface area contributed by atoms with Gasteiger partial charge >= 0.3 is 0 Å². The van der Waals surface area contributed by atoms with E-state index in [9.17, 15) is 4.79 Å². The van der Waals surface area contributed by atoms with Crippen molar-refractivity contribution in [3.05, 3.63) is 53.6 Å². The number of aryl methyl sites for hydroxylation is 2. The number of carbonyl (C=O) groups excluding carboxylic acids is 1. The summed E-state index contributed by atoms with van der Waals surface area (Å²) in [5.41, 5.74) is 7.25. The molecule has 0 saturated carbocycles. The third-order valence-electron chi connectivity index (χ3n) is 5.59. The molecule has 0 unspecified atom stereocenters. The maximum Gasteiger partial charge on any atom is 0.159 e. The van der Waals surface area contributed by atoms with E-state index in [1.165, 1.54) is 38.5 Å². The lowest BCUT2D eigenvalue weighted by atomic mass is 10.0. The van der Waals surface area contributed by atoms with Crippen LogP contribution in [0.2, 0.25) is 0 Å². The number of allylic oxidation sites excluding steroid dienone is 1. The topological polar surface area (TPSA) is 25.2 Å². The van der Waals surface area contributed by atoms with E-state index in [0.717, 1.165) is 37.9 Å². The highest BCUT2D eigenvalue weighted by Gasteiger charge is 2.22. The van der Waals surface area contributed by atoms with Gasteiger partial charge in [-0.1, -0.05) is 12.6 Å². The number of hydrogen-bond acceptors (Lipinski definition) is 2. The smallest absolute Gasteiger partial charge is 0.159 e. The predicted octanol–water partition coefficient (Wildman–Crippen LogP) is 4.91. The SMILES string of the molecule is C=C1CCc2c1ccc1c2c2cc(C(C)=O)ccc2n1CCCN(C)C. The molecule has 0 amide bonds. The van der Waals surface area contributed by atoms with E-state index >= 15 is 0 Å². The highest BCUT2D eigenvalue weighted by atomic mass is 16.1. The normalized spacial score (nSPS) is 13.9. The summed E-state index contributed by atoms with van der Waals surface area (Å²) in [6, 6.07) is 10.7. The van der Waals surface area contributed by atoms with Gasteiger partial charge in [0, 0.05) is 33.9 Å². The number of carbonyl (C=O) groups is 1. The summed E-state index contributed by atoms with van der Waals surface area (Å²) in [4.78, 5) is 14.2. The summed E-state index contributed by atoms with van der Waals surface area (Å²) in [6.45, 7) is 7.93. The molecule has 1 aliphatic rings. The molecule has 0 saturated heterocycles. The first-order valence-corrected chi connectivity index (χ1v) is 9.39. The molecular weight excluding hydrogens is 320 g/mol. The summed E-state index contributed by atoms with van der Waals surface area (Å²) in [5.74, 6) is 0.123. The van der Waals surface area contributed by atoms with Crippen LogP contribution in [-0.4, -0.2) is 35.9 Å². The van der Waals surface area contributed by atoms with Crippen LogP contribution >= 0.6 is 0 Å². The summed E-state index contributed by atoms with van der Waals surface area (Å²) in [7, 11) is 4.23. The third kappa shape index (κ3) is 2.67. The monoisotopic (exact) mass is 346 g/mol. The van der Waals surface area contributed by atoms with E-state index in [2.05, 4.69) is 54.4 Å². The van der Waals surface area contributed by atoms with E-state index < -0.39 is 0 Å². The first kappa shape index (κ1) is 17.0. The lowest BCUT2D eigenvalue weighted by Gasteiger charge is -2.12. The minimum Gasteiger partial charge on any atom is -0.340 e. The van der Waals surface area contributed by atoms with Crippen molar-refractivity contribution >= 4 is 33.2 Å². The van der Waals surface area contributed by atoms with Crippen molar-refractivity contribution in [1.29, 1.82) is 0 Å². The van der Waals surface area contributed by atoms with Gasteiger partial charge in [0.05, 0.1) is 0 Å². The summed E-state index contributed by atoms with van der Waals surface area (Å²) in [5, 5.41) is 2.54. The van der Waals surface area contributed by atoms with Gasteiger partial charge in [-0.2, -0.15) is 0 Å². The van der Waals surface area contributed by atoms with E-state index in [1.54, 1.807) is 6.92 Å². The molecule has 26 heavy (non-hydrogen) atoms. The van der Waals surface area contributed by atoms with Crippen LogP contribution < -0.4 is 0 Å².